The van der Waals surface area contributed by atoms with Crippen LogP contribution in [0.1, 0.15) is 10.5 Å². The van der Waals surface area contributed by atoms with E-state index < -0.39 is 0 Å². The maximum atomic E-state index is 12.2. The number of hydrogen-bond acceptors (Lipinski definition) is 5. The molecule has 3 heterocycles. The van der Waals surface area contributed by atoms with Crippen LogP contribution in [0.25, 0.3) is 10.6 Å². The maximum absolute atomic E-state index is 12.2. The molecule has 0 unspecified atom stereocenters. The highest BCUT2D eigenvalue weighted by atomic mass is 35.5. The van der Waals surface area contributed by atoms with Crippen molar-refractivity contribution < 1.29 is 9.32 Å². The predicted octanol–water partition coefficient (Wildman–Crippen LogP) is 2.10. The molecule has 0 atom stereocenters. The van der Waals surface area contributed by atoms with Crippen molar-refractivity contribution in [3.63, 3.8) is 0 Å². The van der Waals surface area contributed by atoms with Crippen LogP contribution in [0, 0.1) is 0 Å². The molecule has 7 heteroatoms. The Morgan fingerprint density at radius 1 is 1.42 bits per heavy atom. The van der Waals surface area contributed by atoms with E-state index in [-0.39, 0.29) is 5.91 Å². The Kier molecular flexibility index (Phi) is 3.54. The Morgan fingerprint density at radius 2 is 2.21 bits per heavy atom. The lowest BCUT2D eigenvalue weighted by Gasteiger charge is -2.26. The second-order valence-corrected chi connectivity index (χ2v) is 5.94. The molecule has 1 fully saturated rings. The number of amides is 1. The lowest BCUT2D eigenvalue weighted by molar-refractivity contribution is 0.0725. The molecular weight excluding hydrogens is 286 g/mol. The number of nitrogens with zero attached hydrogens (tertiary/aromatic N) is 2. The van der Waals surface area contributed by atoms with Gasteiger partial charge >= 0.3 is 0 Å². The number of halogens is 1. The SMILES string of the molecule is O=C(c1cc(-c2ccc(Cl)s2)on1)N1CCNCC1. The maximum Gasteiger partial charge on any atom is 0.276 e. The average molecular weight is 298 g/mol. The number of carbonyl (C=O) groups excluding carboxylic acids is 1. The van der Waals surface area contributed by atoms with Gasteiger partial charge in [-0.1, -0.05) is 16.8 Å². The van der Waals surface area contributed by atoms with Crippen molar-refractivity contribution in [2.75, 3.05) is 26.2 Å². The minimum Gasteiger partial charge on any atom is -0.355 e. The van der Waals surface area contributed by atoms with Crippen molar-refractivity contribution >= 4 is 28.8 Å². The summed E-state index contributed by atoms with van der Waals surface area (Å²) in [5.41, 5.74) is 0.349. The molecule has 19 heavy (non-hydrogen) atoms. The molecule has 2 aromatic heterocycles. The van der Waals surface area contributed by atoms with Crippen molar-refractivity contribution in [3.05, 3.63) is 28.2 Å². The van der Waals surface area contributed by atoms with Gasteiger partial charge in [0, 0.05) is 32.2 Å². The third-order valence-electron chi connectivity index (χ3n) is 2.95. The van der Waals surface area contributed by atoms with E-state index >= 15 is 0 Å². The van der Waals surface area contributed by atoms with Gasteiger partial charge in [-0.25, -0.2) is 0 Å². The van der Waals surface area contributed by atoms with Crippen molar-refractivity contribution in [1.29, 1.82) is 0 Å². The monoisotopic (exact) mass is 297 g/mol. The summed E-state index contributed by atoms with van der Waals surface area (Å²) in [4.78, 5) is 14.9. The Hall–Kier alpha value is -1.37. The van der Waals surface area contributed by atoms with Gasteiger partial charge in [-0.2, -0.15) is 0 Å². The minimum atomic E-state index is -0.0841. The highest BCUT2D eigenvalue weighted by Crippen LogP contribution is 2.31. The van der Waals surface area contributed by atoms with Gasteiger partial charge in [0.15, 0.2) is 11.5 Å². The molecule has 1 aliphatic rings. The number of nitrogens with one attached hydrogen (secondary N) is 1. The van der Waals surface area contributed by atoms with E-state index in [0.717, 1.165) is 18.0 Å². The third-order valence-corrected chi connectivity index (χ3v) is 4.20. The molecule has 0 spiro atoms. The molecule has 0 aliphatic carbocycles. The van der Waals surface area contributed by atoms with Crippen molar-refractivity contribution in [1.82, 2.24) is 15.4 Å². The normalized spacial score (nSPS) is 15.7. The van der Waals surface area contributed by atoms with E-state index in [1.807, 2.05) is 6.07 Å². The number of carbonyl (C=O) groups is 1. The third kappa shape index (κ3) is 2.65. The fraction of sp³-hybridized carbons (Fsp3) is 0.333. The molecule has 1 N–H and O–H groups in total. The molecule has 0 aromatic carbocycles. The molecule has 1 saturated heterocycles. The number of aromatic nitrogens is 1. The molecule has 5 nitrogen and oxygen atoms in total. The first-order valence-electron chi connectivity index (χ1n) is 5.96. The molecule has 2 aromatic rings. The smallest absolute Gasteiger partial charge is 0.276 e. The molecule has 0 radical (unpaired) electrons. The topological polar surface area (TPSA) is 58.4 Å². The second-order valence-electron chi connectivity index (χ2n) is 4.22. The zero-order valence-corrected chi connectivity index (χ0v) is 11.6. The summed E-state index contributed by atoms with van der Waals surface area (Å²) in [6.07, 6.45) is 0. The van der Waals surface area contributed by atoms with Crippen molar-refractivity contribution in [2.24, 2.45) is 0 Å². The fourth-order valence-corrected chi connectivity index (χ4v) is 2.96. The van der Waals surface area contributed by atoms with Crippen LogP contribution in [-0.2, 0) is 0 Å². The Morgan fingerprint density at radius 3 is 2.89 bits per heavy atom. The second kappa shape index (κ2) is 5.32. The van der Waals surface area contributed by atoms with Gasteiger partial charge in [0.05, 0.1) is 9.21 Å². The number of rotatable bonds is 2. The predicted molar refractivity (Wildman–Crippen MR) is 73.6 cm³/mol. The lowest BCUT2D eigenvalue weighted by Crippen LogP contribution is -2.46. The van der Waals surface area contributed by atoms with Crippen molar-refractivity contribution in [3.8, 4) is 10.6 Å². The largest absolute Gasteiger partial charge is 0.355 e. The Balaban J connectivity index is 1.79. The number of hydrogen-bond donors (Lipinski definition) is 1. The van der Waals surface area contributed by atoms with Crippen LogP contribution in [0.4, 0.5) is 0 Å². The first kappa shape index (κ1) is 12.7. The number of piperazine rings is 1. The van der Waals surface area contributed by atoms with E-state index in [0.29, 0.717) is 28.9 Å². The molecule has 100 valence electrons. The summed E-state index contributed by atoms with van der Waals surface area (Å²) in [5.74, 6) is 0.495. The molecule has 0 bridgehead atoms. The fourth-order valence-electron chi connectivity index (χ4n) is 1.97. The summed E-state index contributed by atoms with van der Waals surface area (Å²) in [6, 6.07) is 5.32. The van der Waals surface area contributed by atoms with Gasteiger partial charge in [0.2, 0.25) is 0 Å². The van der Waals surface area contributed by atoms with E-state index in [9.17, 15) is 4.79 Å². The average Bonchev–Trinajstić information content (AvgIpc) is 3.07. The highest BCUT2D eigenvalue weighted by molar-refractivity contribution is 7.19. The van der Waals surface area contributed by atoms with Crippen LogP contribution in [0.3, 0.4) is 0 Å². The van der Waals surface area contributed by atoms with E-state index in [2.05, 4.69) is 10.5 Å². The van der Waals surface area contributed by atoms with Gasteiger partial charge in [0.1, 0.15) is 0 Å². The Labute approximate surface area is 119 Å². The summed E-state index contributed by atoms with van der Waals surface area (Å²) >= 11 is 7.27. The van der Waals surface area contributed by atoms with Gasteiger partial charge in [-0.3, -0.25) is 4.79 Å². The van der Waals surface area contributed by atoms with Crippen LogP contribution < -0.4 is 5.32 Å². The van der Waals surface area contributed by atoms with Crippen LogP contribution in [0.5, 0.6) is 0 Å². The van der Waals surface area contributed by atoms with Gasteiger partial charge < -0.3 is 14.7 Å². The zero-order valence-electron chi connectivity index (χ0n) is 10.1. The standard InChI is InChI=1S/C12H12ClN3O2S/c13-11-2-1-10(19-11)9-7-8(15-18-9)12(17)16-5-3-14-4-6-16/h1-2,7,14H,3-6H2. The molecule has 1 amide bonds. The van der Waals surface area contributed by atoms with Crippen LogP contribution in [-0.4, -0.2) is 42.1 Å². The van der Waals surface area contributed by atoms with Crippen LogP contribution in [0.2, 0.25) is 4.34 Å². The zero-order chi connectivity index (χ0) is 13.2. The van der Waals surface area contributed by atoms with E-state index in [4.69, 9.17) is 16.1 Å². The van der Waals surface area contributed by atoms with E-state index in [1.54, 1.807) is 17.0 Å². The van der Waals surface area contributed by atoms with Crippen LogP contribution >= 0.6 is 22.9 Å². The molecule has 0 saturated carbocycles. The Bertz CT molecular complexity index is 589. The summed E-state index contributed by atoms with van der Waals surface area (Å²) in [5, 5.41) is 7.06. The van der Waals surface area contributed by atoms with Crippen LogP contribution in [0.15, 0.2) is 22.7 Å². The summed E-state index contributed by atoms with van der Waals surface area (Å²) in [6.45, 7) is 3.03. The quantitative estimate of drug-likeness (QED) is 0.922. The summed E-state index contributed by atoms with van der Waals surface area (Å²) in [7, 11) is 0. The van der Waals surface area contributed by atoms with Gasteiger partial charge in [0.25, 0.3) is 5.91 Å². The summed E-state index contributed by atoms with van der Waals surface area (Å²) < 4.78 is 5.90. The molecule has 3 rings (SSSR count). The number of thiophene rings is 1. The minimum absolute atomic E-state index is 0.0841. The molecule has 1 aliphatic heterocycles. The van der Waals surface area contributed by atoms with Gasteiger partial charge in [-0.05, 0) is 12.1 Å². The van der Waals surface area contributed by atoms with E-state index in [1.165, 1.54) is 11.3 Å². The van der Waals surface area contributed by atoms with Crippen molar-refractivity contribution in [2.45, 2.75) is 0 Å². The lowest BCUT2D eigenvalue weighted by atomic mass is 10.2. The first-order valence-corrected chi connectivity index (χ1v) is 7.16. The molecular formula is C12H12ClN3O2S. The van der Waals surface area contributed by atoms with Gasteiger partial charge in [-0.15, -0.1) is 11.3 Å². The highest BCUT2D eigenvalue weighted by Gasteiger charge is 2.22. The first-order chi connectivity index (χ1) is 9.24.